The summed E-state index contributed by atoms with van der Waals surface area (Å²) in [5.41, 5.74) is 1.12. The molecule has 3 nitrogen and oxygen atoms in total. The van der Waals surface area contributed by atoms with Crippen LogP contribution in [0.5, 0.6) is 0 Å². The summed E-state index contributed by atoms with van der Waals surface area (Å²) in [4.78, 5) is 0.442. The van der Waals surface area contributed by atoms with Gasteiger partial charge in [-0.15, -0.1) is 0 Å². The molecule has 0 N–H and O–H groups in total. The van der Waals surface area contributed by atoms with E-state index in [-0.39, 0.29) is 5.25 Å². The van der Waals surface area contributed by atoms with E-state index in [1.54, 1.807) is 19.9 Å². The molecule has 0 saturated carbocycles. The van der Waals surface area contributed by atoms with Crippen LogP contribution in [0.15, 0.2) is 29.2 Å². The fourth-order valence-corrected chi connectivity index (χ4v) is 3.90. The first-order chi connectivity index (χ1) is 9.90. The first-order valence-electron chi connectivity index (χ1n) is 7.89. The van der Waals surface area contributed by atoms with Crippen molar-refractivity contribution in [2.24, 2.45) is 0 Å². The fourth-order valence-electron chi connectivity index (χ4n) is 2.78. The van der Waals surface area contributed by atoms with E-state index >= 15 is 0 Å². The number of ether oxygens (including phenoxy) is 1. The second-order valence-electron chi connectivity index (χ2n) is 6.13. The maximum Gasteiger partial charge on any atom is 0.180 e. The fraction of sp³-hybridized carbons (Fsp3) is 0.647. The topological polar surface area (TPSA) is 46.7 Å². The summed E-state index contributed by atoms with van der Waals surface area (Å²) >= 11 is 0. The lowest BCUT2D eigenvalue weighted by Crippen LogP contribution is -2.14. The Labute approximate surface area is 128 Å². The lowest BCUT2D eigenvalue weighted by Gasteiger charge is -2.16. The van der Waals surface area contributed by atoms with Crippen molar-refractivity contribution in [3.63, 3.8) is 0 Å². The molecule has 1 aliphatic heterocycles. The first-order valence-corrected chi connectivity index (χ1v) is 9.44. The van der Waals surface area contributed by atoms with Gasteiger partial charge in [-0.2, -0.15) is 0 Å². The Balaban J connectivity index is 2.19. The van der Waals surface area contributed by atoms with E-state index < -0.39 is 9.84 Å². The summed E-state index contributed by atoms with van der Waals surface area (Å²) in [5, 5.41) is -0.385. The zero-order valence-corrected chi connectivity index (χ0v) is 14.2. The highest BCUT2D eigenvalue weighted by atomic mass is 32.2. The van der Waals surface area contributed by atoms with Crippen molar-refractivity contribution in [2.75, 3.05) is 0 Å². The molecule has 4 heteroatoms. The van der Waals surface area contributed by atoms with E-state index in [1.165, 1.54) is 0 Å². The van der Waals surface area contributed by atoms with Crippen LogP contribution in [0.1, 0.15) is 58.4 Å². The minimum absolute atomic E-state index is 0.352. The van der Waals surface area contributed by atoms with Crippen LogP contribution in [0.2, 0.25) is 0 Å². The minimum Gasteiger partial charge on any atom is -0.370 e. The van der Waals surface area contributed by atoms with Gasteiger partial charge in [0.2, 0.25) is 0 Å². The average molecular weight is 310 g/mol. The maximum atomic E-state index is 12.3. The van der Waals surface area contributed by atoms with Gasteiger partial charge in [-0.3, -0.25) is 0 Å². The lowest BCUT2D eigenvalue weighted by molar-refractivity contribution is 0.349. The van der Waals surface area contributed by atoms with Gasteiger partial charge in [0.05, 0.1) is 22.4 Å². The molecule has 1 saturated heterocycles. The Kier molecular flexibility index (Phi) is 5.10. The molecule has 3 atom stereocenters. The summed E-state index contributed by atoms with van der Waals surface area (Å²) in [5.74, 6) is 0.369. The summed E-state index contributed by atoms with van der Waals surface area (Å²) < 4.78 is 30.2. The van der Waals surface area contributed by atoms with Crippen molar-refractivity contribution in [3.05, 3.63) is 29.8 Å². The zero-order chi connectivity index (χ0) is 15.6. The van der Waals surface area contributed by atoms with Crippen molar-refractivity contribution in [1.82, 2.24) is 0 Å². The van der Waals surface area contributed by atoms with Gasteiger partial charge in [0, 0.05) is 0 Å². The number of rotatable bonds is 7. The van der Waals surface area contributed by atoms with Gasteiger partial charge < -0.3 is 4.74 Å². The van der Waals surface area contributed by atoms with Gasteiger partial charge in [-0.25, -0.2) is 8.42 Å². The molecule has 1 fully saturated rings. The van der Waals surface area contributed by atoms with Gasteiger partial charge in [-0.1, -0.05) is 26.0 Å². The summed E-state index contributed by atoms with van der Waals surface area (Å²) in [6.45, 7) is 7.74. The second kappa shape index (κ2) is 6.49. The van der Waals surface area contributed by atoms with Crippen molar-refractivity contribution >= 4 is 9.84 Å². The number of epoxide rings is 1. The first kappa shape index (κ1) is 16.5. The van der Waals surface area contributed by atoms with E-state index in [9.17, 15) is 8.42 Å². The minimum atomic E-state index is -3.20. The second-order valence-corrected chi connectivity index (χ2v) is 8.63. The monoisotopic (exact) mass is 310 g/mol. The van der Waals surface area contributed by atoms with Crippen LogP contribution in [-0.4, -0.2) is 25.9 Å². The largest absolute Gasteiger partial charge is 0.370 e. The van der Waals surface area contributed by atoms with Crippen LogP contribution in [-0.2, 0) is 14.6 Å². The summed E-state index contributed by atoms with van der Waals surface area (Å²) in [6.07, 6.45) is 3.80. The average Bonchev–Trinajstić information content (AvgIpc) is 3.23. The Hall–Kier alpha value is -0.870. The normalized spacial score (nSPS) is 23.3. The number of hydrogen-bond acceptors (Lipinski definition) is 3. The number of sulfone groups is 1. The van der Waals surface area contributed by atoms with Gasteiger partial charge >= 0.3 is 0 Å². The molecule has 3 unspecified atom stereocenters. The molecule has 0 bridgehead atoms. The van der Waals surface area contributed by atoms with E-state index in [4.69, 9.17) is 4.74 Å². The van der Waals surface area contributed by atoms with Crippen molar-refractivity contribution in [1.29, 1.82) is 0 Å². The molecule has 2 rings (SSSR count). The zero-order valence-electron chi connectivity index (χ0n) is 13.4. The third-order valence-electron chi connectivity index (χ3n) is 4.38. The molecular formula is C17H26O3S. The van der Waals surface area contributed by atoms with E-state index in [0.717, 1.165) is 24.8 Å². The highest BCUT2D eigenvalue weighted by Gasteiger charge is 2.38. The summed E-state index contributed by atoms with van der Waals surface area (Å²) in [6, 6.07) is 7.45. The Morgan fingerprint density at radius 2 is 1.90 bits per heavy atom. The van der Waals surface area contributed by atoms with Crippen molar-refractivity contribution in [2.45, 2.75) is 75.2 Å². The molecule has 1 heterocycles. The van der Waals surface area contributed by atoms with Crippen LogP contribution in [0, 0.1) is 0 Å². The molecule has 0 aliphatic carbocycles. The Morgan fingerprint density at radius 1 is 1.19 bits per heavy atom. The third kappa shape index (κ3) is 3.67. The predicted molar refractivity (Wildman–Crippen MR) is 85.4 cm³/mol. The lowest BCUT2D eigenvalue weighted by atomic mass is 9.91. The molecule has 1 aromatic rings. The van der Waals surface area contributed by atoms with Gasteiger partial charge in [0.25, 0.3) is 0 Å². The highest BCUT2D eigenvalue weighted by molar-refractivity contribution is 7.92. The third-order valence-corrected chi connectivity index (χ3v) is 6.53. The molecule has 0 aromatic heterocycles. The molecule has 0 spiro atoms. The quantitative estimate of drug-likeness (QED) is 0.717. The molecular weight excluding hydrogens is 284 g/mol. The molecule has 1 aliphatic rings. The molecule has 21 heavy (non-hydrogen) atoms. The smallest absolute Gasteiger partial charge is 0.180 e. The maximum absolute atomic E-state index is 12.3. The van der Waals surface area contributed by atoms with Crippen molar-refractivity contribution < 1.29 is 13.2 Å². The van der Waals surface area contributed by atoms with Crippen LogP contribution in [0.4, 0.5) is 0 Å². The molecule has 118 valence electrons. The van der Waals surface area contributed by atoms with Gasteiger partial charge in [-0.05, 0) is 56.7 Å². The SMILES string of the molecule is CCC(CC1OC1CC)c1cccc(S(=O)(=O)C(C)C)c1. The Bertz CT molecular complexity index is 577. The van der Waals surface area contributed by atoms with Crippen molar-refractivity contribution in [3.8, 4) is 0 Å². The van der Waals surface area contributed by atoms with Crippen LogP contribution < -0.4 is 0 Å². The standard InChI is InChI=1S/C17H26O3S/c1-5-13(11-17-16(6-2)20-17)14-8-7-9-15(10-14)21(18,19)12(3)4/h7-10,12-13,16-17H,5-6,11H2,1-4H3. The van der Waals surface area contributed by atoms with Crippen LogP contribution in [0.3, 0.4) is 0 Å². The Morgan fingerprint density at radius 3 is 2.43 bits per heavy atom. The van der Waals surface area contributed by atoms with Crippen LogP contribution in [0.25, 0.3) is 0 Å². The van der Waals surface area contributed by atoms with Crippen LogP contribution >= 0.6 is 0 Å². The predicted octanol–water partition coefficient (Wildman–Crippen LogP) is 3.93. The molecule has 0 amide bonds. The van der Waals surface area contributed by atoms with E-state index in [2.05, 4.69) is 13.8 Å². The molecule has 1 aromatic carbocycles. The van der Waals surface area contributed by atoms with Gasteiger partial charge in [0.1, 0.15) is 0 Å². The van der Waals surface area contributed by atoms with Gasteiger partial charge in [0.15, 0.2) is 9.84 Å². The number of benzene rings is 1. The van der Waals surface area contributed by atoms with E-state index in [0.29, 0.717) is 23.0 Å². The number of hydrogen-bond donors (Lipinski definition) is 0. The summed E-state index contributed by atoms with van der Waals surface area (Å²) in [7, 11) is -3.20. The van der Waals surface area contributed by atoms with E-state index in [1.807, 2.05) is 18.2 Å². The molecule has 0 radical (unpaired) electrons. The highest BCUT2D eigenvalue weighted by Crippen LogP contribution is 2.36.